The average Bonchev–Trinajstić information content (AvgIpc) is 3.28. The molecule has 4 aliphatic rings. The quantitative estimate of drug-likeness (QED) is 0.529. The van der Waals surface area contributed by atoms with Crippen LogP contribution in [0.2, 0.25) is 0 Å². The van der Waals surface area contributed by atoms with E-state index in [4.69, 9.17) is 0 Å². The van der Waals surface area contributed by atoms with Crippen molar-refractivity contribution in [2.75, 3.05) is 5.32 Å². The lowest BCUT2D eigenvalue weighted by Crippen LogP contribution is -2.48. The van der Waals surface area contributed by atoms with Crippen molar-refractivity contribution in [2.24, 2.45) is 17.8 Å². The lowest BCUT2D eigenvalue weighted by molar-refractivity contribution is -0.00555. The zero-order valence-electron chi connectivity index (χ0n) is 17.8. The van der Waals surface area contributed by atoms with Crippen LogP contribution in [0, 0.1) is 17.8 Å². The van der Waals surface area contributed by atoms with Gasteiger partial charge in [0.25, 0.3) is 5.91 Å². The van der Waals surface area contributed by atoms with Gasteiger partial charge in [-0.25, -0.2) is 0 Å². The highest BCUT2D eigenvalue weighted by atomic mass is 32.1. The Morgan fingerprint density at radius 2 is 1.34 bits per heavy atom. The minimum Gasteiger partial charge on any atom is -0.296 e. The highest BCUT2D eigenvalue weighted by molar-refractivity contribution is 7.15. The second kappa shape index (κ2) is 7.62. The number of rotatable bonds is 5. The van der Waals surface area contributed by atoms with E-state index in [0.717, 1.165) is 22.8 Å². The number of anilines is 1. The third-order valence-corrected chi connectivity index (χ3v) is 8.67. The fourth-order valence-corrected chi connectivity index (χ4v) is 7.52. The molecule has 0 radical (unpaired) electrons. The molecule has 2 aromatic carbocycles. The molecule has 4 aliphatic carbocycles. The van der Waals surface area contributed by atoms with Crippen LogP contribution in [-0.2, 0) is 5.41 Å². The number of amides is 1. The molecule has 3 aromatic rings. The number of hydrogen-bond acceptors (Lipinski definition) is 5. The van der Waals surface area contributed by atoms with Crippen molar-refractivity contribution in [2.45, 2.75) is 43.9 Å². The molecule has 7 rings (SSSR count). The maximum absolute atomic E-state index is 12.8. The van der Waals surface area contributed by atoms with E-state index < -0.39 is 0 Å². The topological polar surface area (TPSA) is 72.0 Å². The second-order valence-corrected chi connectivity index (χ2v) is 10.8. The van der Waals surface area contributed by atoms with Gasteiger partial charge in [0.2, 0.25) is 5.13 Å². The van der Waals surface area contributed by atoms with E-state index in [2.05, 4.69) is 15.5 Å². The van der Waals surface area contributed by atoms with Crippen molar-refractivity contribution in [3.05, 3.63) is 76.3 Å². The van der Waals surface area contributed by atoms with Crippen LogP contribution in [-0.4, -0.2) is 21.9 Å². The summed E-state index contributed by atoms with van der Waals surface area (Å²) in [4.78, 5) is 25.3. The number of benzene rings is 2. The molecule has 4 saturated carbocycles. The number of hydrogen-bond donors (Lipinski definition) is 1. The third kappa shape index (κ3) is 3.47. The number of nitrogens with one attached hydrogen (secondary N) is 1. The minimum atomic E-state index is -0.225. The summed E-state index contributed by atoms with van der Waals surface area (Å²) < 4.78 is 0. The van der Waals surface area contributed by atoms with E-state index in [1.807, 2.05) is 18.2 Å². The normalized spacial score (nSPS) is 27.9. The summed E-state index contributed by atoms with van der Waals surface area (Å²) in [5, 5.41) is 13.4. The number of carbonyl (C=O) groups is 2. The van der Waals surface area contributed by atoms with Gasteiger partial charge < -0.3 is 0 Å². The molecule has 1 heterocycles. The van der Waals surface area contributed by atoms with Crippen LogP contribution in [0.5, 0.6) is 0 Å². The predicted octanol–water partition coefficient (Wildman–Crippen LogP) is 5.49. The number of aromatic nitrogens is 2. The number of nitrogens with zero attached hydrogens (tertiary/aromatic N) is 2. The van der Waals surface area contributed by atoms with Crippen molar-refractivity contribution in [3.63, 3.8) is 0 Å². The zero-order valence-corrected chi connectivity index (χ0v) is 18.6. The molecule has 0 unspecified atom stereocenters. The smallest absolute Gasteiger partial charge is 0.257 e. The van der Waals surface area contributed by atoms with Crippen LogP contribution in [0.4, 0.5) is 5.13 Å². The molecule has 32 heavy (non-hydrogen) atoms. The first kappa shape index (κ1) is 19.8. The second-order valence-electron chi connectivity index (χ2n) is 9.84. The molecule has 1 N–H and O–H groups in total. The summed E-state index contributed by atoms with van der Waals surface area (Å²) in [5.74, 6) is 2.26. The van der Waals surface area contributed by atoms with E-state index in [0.29, 0.717) is 21.8 Å². The van der Waals surface area contributed by atoms with Gasteiger partial charge in [-0.15, -0.1) is 10.2 Å². The molecule has 0 saturated heterocycles. The predicted molar refractivity (Wildman–Crippen MR) is 124 cm³/mol. The molecule has 0 aliphatic heterocycles. The van der Waals surface area contributed by atoms with Crippen molar-refractivity contribution in [3.8, 4) is 0 Å². The van der Waals surface area contributed by atoms with Gasteiger partial charge in [0, 0.05) is 22.1 Å². The highest BCUT2D eigenvalue weighted by Gasteiger charge is 2.53. The summed E-state index contributed by atoms with van der Waals surface area (Å²) >= 11 is 1.54. The first-order valence-electron chi connectivity index (χ1n) is 11.4. The molecule has 4 bridgehead atoms. The van der Waals surface area contributed by atoms with Gasteiger partial charge in [0.1, 0.15) is 5.01 Å². The summed E-state index contributed by atoms with van der Waals surface area (Å²) in [6.45, 7) is 0. The average molecular weight is 444 g/mol. The standard InChI is InChI=1S/C26H25N3O2S/c30-22(19-4-2-1-3-5-19)20-6-8-21(9-7-20)23(31)27-25-29-28-24(32-25)26-13-16-10-17(14-26)12-18(11-16)15-26/h1-9,16-18H,10-15H2,(H,27,29,31). The maximum Gasteiger partial charge on any atom is 0.257 e. The van der Waals surface area contributed by atoms with Gasteiger partial charge in [-0.05, 0) is 68.4 Å². The van der Waals surface area contributed by atoms with Gasteiger partial charge in [0.15, 0.2) is 5.78 Å². The van der Waals surface area contributed by atoms with Crippen LogP contribution in [0.1, 0.15) is 69.8 Å². The van der Waals surface area contributed by atoms with Gasteiger partial charge in [0.05, 0.1) is 0 Å². The maximum atomic E-state index is 12.8. The largest absolute Gasteiger partial charge is 0.296 e. The monoisotopic (exact) mass is 443 g/mol. The summed E-state index contributed by atoms with van der Waals surface area (Å²) in [6.07, 6.45) is 7.88. The van der Waals surface area contributed by atoms with Gasteiger partial charge in [-0.3, -0.25) is 14.9 Å². The molecule has 4 fully saturated rings. The Labute approximate surface area is 191 Å². The van der Waals surface area contributed by atoms with Gasteiger partial charge in [-0.1, -0.05) is 53.8 Å². The van der Waals surface area contributed by atoms with Crippen LogP contribution in [0.15, 0.2) is 54.6 Å². The molecular weight excluding hydrogens is 418 g/mol. The van der Waals surface area contributed by atoms with E-state index in [-0.39, 0.29) is 17.1 Å². The molecule has 0 atom stereocenters. The van der Waals surface area contributed by atoms with Crippen molar-refractivity contribution in [1.82, 2.24) is 10.2 Å². The third-order valence-electron chi connectivity index (χ3n) is 7.58. The molecule has 162 valence electrons. The van der Waals surface area contributed by atoms with Crippen LogP contribution in [0.25, 0.3) is 0 Å². The minimum absolute atomic E-state index is 0.0538. The lowest BCUT2D eigenvalue weighted by Gasteiger charge is -2.55. The van der Waals surface area contributed by atoms with E-state index in [9.17, 15) is 9.59 Å². The molecule has 1 amide bonds. The Bertz CT molecular complexity index is 1130. The molecular formula is C26H25N3O2S. The van der Waals surface area contributed by atoms with Crippen molar-refractivity contribution < 1.29 is 9.59 Å². The van der Waals surface area contributed by atoms with E-state index in [1.165, 1.54) is 38.5 Å². The van der Waals surface area contributed by atoms with Crippen LogP contribution in [0.3, 0.4) is 0 Å². The SMILES string of the molecule is O=C(Nc1nnc(C23CC4CC(CC(C4)C2)C3)s1)c1ccc(C(=O)c2ccccc2)cc1. The first-order valence-corrected chi connectivity index (χ1v) is 12.2. The highest BCUT2D eigenvalue weighted by Crippen LogP contribution is 2.61. The molecule has 1 aromatic heterocycles. The van der Waals surface area contributed by atoms with Crippen molar-refractivity contribution >= 4 is 28.2 Å². The summed E-state index contributed by atoms with van der Waals surface area (Å²) in [7, 11) is 0. The Morgan fingerprint density at radius 1 is 0.781 bits per heavy atom. The fraction of sp³-hybridized carbons (Fsp3) is 0.385. The Kier molecular flexibility index (Phi) is 4.72. The van der Waals surface area contributed by atoms with E-state index >= 15 is 0 Å². The van der Waals surface area contributed by atoms with Crippen LogP contribution < -0.4 is 5.32 Å². The summed E-state index contributed by atoms with van der Waals surface area (Å²) in [6, 6.07) is 15.9. The van der Waals surface area contributed by atoms with Crippen molar-refractivity contribution in [1.29, 1.82) is 0 Å². The molecule has 5 nitrogen and oxygen atoms in total. The number of ketones is 1. The Morgan fingerprint density at radius 3 is 1.97 bits per heavy atom. The van der Waals surface area contributed by atoms with Gasteiger partial charge in [-0.2, -0.15) is 0 Å². The van der Waals surface area contributed by atoms with E-state index in [1.54, 1.807) is 47.7 Å². The van der Waals surface area contributed by atoms with Crippen LogP contribution >= 0.6 is 11.3 Å². The van der Waals surface area contributed by atoms with Gasteiger partial charge >= 0.3 is 0 Å². The lowest BCUT2D eigenvalue weighted by atomic mass is 9.50. The number of carbonyl (C=O) groups excluding carboxylic acids is 2. The Hall–Kier alpha value is -2.86. The Balaban J connectivity index is 1.15. The zero-order chi connectivity index (χ0) is 21.7. The molecule has 6 heteroatoms. The molecule has 0 spiro atoms. The fourth-order valence-electron chi connectivity index (χ4n) is 6.56. The first-order chi connectivity index (χ1) is 15.6. The summed E-state index contributed by atoms with van der Waals surface area (Å²) in [5.41, 5.74) is 1.89.